The minimum atomic E-state index is -0.340. The molecule has 0 atom stereocenters. The van der Waals surface area contributed by atoms with Crippen molar-refractivity contribution in [2.24, 2.45) is 0 Å². The lowest BCUT2D eigenvalue weighted by Crippen LogP contribution is -2.32. The van der Waals surface area contributed by atoms with Crippen LogP contribution in [-0.2, 0) is 4.79 Å². The topological polar surface area (TPSA) is 99.3 Å². The molecule has 2 rings (SSSR count). The second-order valence-electron chi connectivity index (χ2n) is 4.91. The van der Waals surface area contributed by atoms with E-state index in [4.69, 9.17) is 0 Å². The quantitative estimate of drug-likeness (QED) is 0.572. The number of thiophene rings is 1. The fourth-order valence-corrected chi connectivity index (χ4v) is 2.48. The third-order valence-corrected chi connectivity index (χ3v) is 3.86. The van der Waals surface area contributed by atoms with Crippen molar-refractivity contribution < 1.29 is 14.4 Å². The molecule has 0 radical (unpaired) electrons. The van der Waals surface area contributed by atoms with Crippen LogP contribution in [-0.4, -0.2) is 30.9 Å². The van der Waals surface area contributed by atoms with E-state index < -0.39 is 0 Å². The number of urea groups is 1. The van der Waals surface area contributed by atoms with E-state index in [9.17, 15) is 14.4 Å². The first-order valence-electron chi connectivity index (χ1n) is 7.46. The maximum atomic E-state index is 11.9. The Bertz CT molecular complexity index is 742. The van der Waals surface area contributed by atoms with E-state index in [1.807, 2.05) is 0 Å². The van der Waals surface area contributed by atoms with Crippen LogP contribution in [0.4, 0.5) is 16.2 Å². The Morgan fingerprint density at radius 1 is 1.00 bits per heavy atom. The maximum absolute atomic E-state index is 11.9. The van der Waals surface area contributed by atoms with Crippen LogP contribution in [0.15, 0.2) is 54.4 Å². The molecule has 1 heterocycles. The minimum Gasteiger partial charge on any atom is -0.342 e. The van der Waals surface area contributed by atoms with Crippen molar-refractivity contribution in [3.8, 4) is 0 Å². The largest absolute Gasteiger partial charge is 0.342 e. The Morgan fingerprint density at radius 2 is 1.68 bits per heavy atom. The number of hydrogen-bond donors (Lipinski definition) is 4. The van der Waals surface area contributed by atoms with Crippen LogP contribution >= 0.6 is 11.3 Å². The molecule has 2 aromatic rings. The normalized spacial score (nSPS) is 9.76. The molecule has 1 aromatic heterocycles. The van der Waals surface area contributed by atoms with Crippen molar-refractivity contribution in [2.45, 2.75) is 0 Å². The molecule has 0 spiro atoms. The first-order chi connectivity index (χ1) is 12.1. The summed E-state index contributed by atoms with van der Waals surface area (Å²) in [6.45, 7) is 3.76. The Morgan fingerprint density at radius 3 is 2.28 bits per heavy atom. The Balaban J connectivity index is 1.78. The molecule has 0 saturated carbocycles. The lowest BCUT2D eigenvalue weighted by atomic mass is 10.3. The summed E-state index contributed by atoms with van der Waals surface area (Å²) in [5.41, 5.74) is 1.15. The molecule has 25 heavy (non-hydrogen) atoms. The van der Waals surface area contributed by atoms with E-state index in [-0.39, 0.29) is 24.4 Å². The summed E-state index contributed by atoms with van der Waals surface area (Å²) in [5.74, 6) is -0.621. The number of carbonyl (C=O) groups is 3. The van der Waals surface area contributed by atoms with Gasteiger partial charge in [0.2, 0.25) is 5.91 Å². The number of carbonyl (C=O) groups excluding carboxylic acids is 3. The first-order valence-corrected chi connectivity index (χ1v) is 8.34. The number of anilines is 2. The summed E-state index contributed by atoms with van der Waals surface area (Å²) in [6, 6.07) is 9.75. The van der Waals surface area contributed by atoms with Crippen molar-refractivity contribution in [1.29, 1.82) is 0 Å². The van der Waals surface area contributed by atoms with Crippen molar-refractivity contribution in [3.05, 3.63) is 59.3 Å². The highest BCUT2D eigenvalue weighted by atomic mass is 32.1. The molecule has 0 aliphatic carbocycles. The molecule has 130 valence electrons. The average Bonchev–Trinajstić information content (AvgIpc) is 3.14. The zero-order chi connectivity index (χ0) is 18.1. The molecular weight excluding hydrogens is 340 g/mol. The van der Waals surface area contributed by atoms with Crippen LogP contribution in [0.5, 0.6) is 0 Å². The van der Waals surface area contributed by atoms with E-state index in [0.29, 0.717) is 22.8 Å². The lowest BCUT2D eigenvalue weighted by molar-refractivity contribution is -0.115. The first kappa shape index (κ1) is 18.2. The predicted octanol–water partition coefficient (Wildman–Crippen LogP) is 2.42. The van der Waals surface area contributed by atoms with Crippen molar-refractivity contribution in [3.63, 3.8) is 0 Å². The van der Waals surface area contributed by atoms with Crippen molar-refractivity contribution >= 4 is 40.6 Å². The minimum absolute atomic E-state index is 0.124. The van der Waals surface area contributed by atoms with Crippen LogP contribution in [0, 0.1) is 0 Å². The number of rotatable bonds is 7. The third kappa shape index (κ3) is 6.11. The van der Waals surface area contributed by atoms with Gasteiger partial charge in [-0.05, 0) is 35.7 Å². The molecule has 0 aliphatic rings. The molecule has 7 nitrogen and oxygen atoms in total. The molecular formula is C17H18N4O3S. The second kappa shape index (κ2) is 9.24. The Kier molecular flexibility index (Phi) is 6.73. The molecule has 4 N–H and O–H groups in total. The van der Waals surface area contributed by atoms with Crippen LogP contribution in [0.1, 0.15) is 9.67 Å². The second-order valence-corrected chi connectivity index (χ2v) is 5.86. The van der Waals surface area contributed by atoms with E-state index in [0.717, 1.165) is 0 Å². The summed E-state index contributed by atoms with van der Waals surface area (Å²) >= 11 is 1.31. The molecule has 8 heteroatoms. The van der Waals surface area contributed by atoms with E-state index >= 15 is 0 Å². The van der Waals surface area contributed by atoms with Crippen molar-refractivity contribution in [1.82, 2.24) is 10.6 Å². The smallest absolute Gasteiger partial charge is 0.319 e. The Hall–Kier alpha value is -3.13. The van der Waals surface area contributed by atoms with Gasteiger partial charge >= 0.3 is 6.03 Å². The SMILES string of the molecule is C=CCNC(=O)Nc1ccc(NC(=O)CNC(=O)c2cccs2)cc1. The summed E-state index contributed by atoms with van der Waals surface area (Å²) in [4.78, 5) is 35.7. The fourth-order valence-electron chi connectivity index (χ4n) is 1.84. The number of amides is 4. The average molecular weight is 358 g/mol. The molecule has 4 amide bonds. The Labute approximate surface area is 149 Å². The molecule has 0 saturated heterocycles. The fraction of sp³-hybridized carbons (Fsp3) is 0.118. The zero-order valence-electron chi connectivity index (χ0n) is 13.4. The number of benzene rings is 1. The summed E-state index contributed by atoms with van der Waals surface area (Å²) in [6.07, 6.45) is 1.58. The van der Waals surface area contributed by atoms with Gasteiger partial charge < -0.3 is 21.3 Å². The van der Waals surface area contributed by atoms with Gasteiger partial charge in [0.25, 0.3) is 5.91 Å². The zero-order valence-corrected chi connectivity index (χ0v) is 14.2. The highest BCUT2D eigenvalue weighted by molar-refractivity contribution is 7.12. The van der Waals surface area contributed by atoms with Gasteiger partial charge in [0.05, 0.1) is 11.4 Å². The van der Waals surface area contributed by atoms with Crippen LogP contribution in [0.25, 0.3) is 0 Å². The molecule has 0 aliphatic heterocycles. The highest BCUT2D eigenvalue weighted by Crippen LogP contribution is 2.13. The van der Waals surface area contributed by atoms with Gasteiger partial charge in [0.1, 0.15) is 0 Å². The molecule has 1 aromatic carbocycles. The van der Waals surface area contributed by atoms with Gasteiger partial charge in [-0.1, -0.05) is 12.1 Å². The van der Waals surface area contributed by atoms with Crippen LogP contribution < -0.4 is 21.3 Å². The third-order valence-electron chi connectivity index (χ3n) is 2.99. The van der Waals surface area contributed by atoms with Gasteiger partial charge in [-0.15, -0.1) is 17.9 Å². The molecule has 0 unspecified atom stereocenters. The van der Waals surface area contributed by atoms with Crippen LogP contribution in [0.3, 0.4) is 0 Å². The summed E-state index contributed by atoms with van der Waals surface area (Å²) < 4.78 is 0. The maximum Gasteiger partial charge on any atom is 0.319 e. The molecule has 0 fully saturated rings. The van der Waals surface area contributed by atoms with Gasteiger partial charge in [-0.25, -0.2) is 4.79 Å². The van der Waals surface area contributed by atoms with E-state index in [2.05, 4.69) is 27.8 Å². The number of nitrogens with one attached hydrogen (secondary N) is 4. The summed E-state index contributed by atoms with van der Waals surface area (Å²) in [5, 5.41) is 12.2. The van der Waals surface area contributed by atoms with Gasteiger partial charge in [0, 0.05) is 17.9 Å². The van der Waals surface area contributed by atoms with E-state index in [1.165, 1.54) is 11.3 Å². The van der Waals surface area contributed by atoms with E-state index in [1.54, 1.807) is 47.9 Å². The van der Waals surface area contributed by atoms with Crippen molar-refractivity contribution in [2.75, 3.05) is 23.7 Å². The highest BCUT2D eigenvalue weighted by Gasteiger charge is 2.09. The van der Waals surface area contributed by atoms with Crippen LogP contribution in [0.2, 0.25) is 0 Å². The monoisotopic (exact) mass is 358 g/mol. The number of hydrogen-bond acceptors (Lipinski definition) is 4. The van der Waals surface area contributed by atoms with Gasteiger partial charge in [-0.2, -0.15) is 0 Å². The lowest BCUT2D eigenvalue weighted by Gasteiger charge is -2.09. The predicted molar refractivity (Wildman–Crippen MR) is 98.9 cm³/mol. The standard InChI is InChI=1S/C17H18N4O3S/c1-2-9-18-17(24)21-13-7-5-12(6-8-13)20-15(22)11-19-16(23)14-4-3-10-25-14/h2-8,10H,1,9,11H2,(H,19,23)(H,20,22)(H2,18,21,24). The van der Waals surface area contributed by atoms with Gasteiger partial charge in [0.15, 0.2) is 0 Å². The molecule has 0 bridgehead atoms. The summed E-state index contributed by atoms with van der Waals surface area (Å²) in [7, 11) is 0. The van der Waals surface area contributed by atoms with Gasteiger partial charge in [-0.3, -0.25) is 9.59 Å².